The average Bonchev–Trinajstić information content (AvgIpc) is 2.74. The van der Waals surface area contributed by atoms with Gasteiger partial charge >= 0.3 is 0 Å². The van der Waals surface area contributed by atoms with E-state index in [4.69, 9.17) is 10.5 Å². The van der Waals surface area contributed by atoms with Crippen LogP contribution < -0.4 is 15.9 Å². The molecule has 0 fully saturated rings. The Kier molecular flexibility index (Phi) is 4.37. The van der Waals surface area contributed by atoms with Crippen LogP contribution in [0.3, 0.4) is 0 Å². The van der Waals surface area contributed by atoms with Crippen molar-refractivity contribution in [3.63, 3.8) is 0 Å². The quantitative estimate of drug-likeness (QED) is 0.597. The number of methoxy groups -OCH3 is 1. The summed E-state index contributed by atoms with van der Waals surface area (Å²) in [6.07, 6.45) is 4.92. The van der Waals surface area contributed by atoms with Gasteiger partial charge in [-0.2, -0.15) is 0 Å². The molecule has 4 rings (SSSR count). The molecule has 1 amide bonds. The van der Waals surface area contributed by atoms with Crippen molar-refractivity contribution in [1.82, 2.24) is 9.55 Å². The molecule has 0 radical (unpaired) electrons. The summed E-state index contributed by atoms with van der Waals surface area (Å²) in [5.74, 6) is -0.0472. The molecule has 0 unspecified atom stereocenters. The number of carbonyl (C=O) groups excluding carboxylic acids is 1. The van der Waals surface area contributed by atoms with Crippen LogP contribution in [0.25, 0.3) is 27.7 Å². The van der Waals surface area contributed by atoms with E-state index < -0.39 is 5.91 Å². The lowest BCUT2D eigenvalue weighted by Gasteiger charge is -2.14. The van der Waals surface area contributed by atoms with Gasteiger partial charge in [-0.1, -0.05) is 6.07 Å². The highest BCUT2D eigenvalue weighted by Crippen LogP contribution is 2.26. The maximum absolute atomic E-state index is 12.8. The fraction of sp³-hybridized carbons (Fsp3) is 0.0455. The Labute approximate surface area is 160 Å². The summed E-state index contributed by atoms with van der Waals surface area (Å²) in [6.45, 7) is 0. The lowest BCUT2D eigenvalue weighted by atomic mass is 10.0. The molecular formula is C22H17N3O3. The minimum atomic E-state index is -0.757. The highest BCUT2D eigenvalue weighted by Gasteiger charge is 2.15. The van der Waals surface area contributed by atoms with Gasteiger partial charge in [-0.3, -0.25) is 14.6 Å². The average molecular weight is 371 g/mol. The van der Waals surface area contributed by atoms with E-state index in [2.05, 4.69) is 4.98 Å². The summed E-state index contributed by atoms with van der Waals surface area (Å²) in [4.78, 5) is 28.6. The molecule has 0 aliphatic rings. The molecule has 0 atom stereocenters. The summed E-state index contributed by atoms with van der Waals surface area (Å²) >= 11 is 0. The third-order valence-corrected chi connectivity index (χ3v) is 4.63. The van der Waals surface area contributed by atoms with Crippen LogP contribution in [0.1, 0.15) is 10.4 Å². The van der Waals surface area contributed by atoms with E-state index in [1.54, 1.807) is 30.1 Å². The zero-order valence-corrected chi connectivity index (χ0v) is 15.1. The molecule has 0 bridgehead atoms. The van der Waals surface area contributed by atoms with Crippen LogP contribution in [0.2, 0.25) is 0 Å². The van der Waals surface area contributed by atoms with Gasteiger partial charge in [0.25, 0.3) is 5.91 Å². The first-order valence-corrected chi connectivity index (χ1v) is 8.62. The molecule has 138 valence electrons. The molecule has 6 nitrogen and oxygen atoms in total. The summed E-state index contributed by atoms with van der Waals surface area (Å²) in [5, 5.41) is 0.421. The second kappa shape index (κ2) is 7.00. The lowest BCUT2D eigenvalue weighted by molar-refractivity contribution is 0.0999. The molecule has 0 spiro atoms. The zero-order chi connectivity index (χ0) is 19.7. The van der Waals surface area contributed by atoms with Gasteiger partial charge in [0.15, 0.2) is 0 Å². The number of benzene rings is 2. The van der Waals surface area contributed by atoms with Crippen molar-refractivity contribution in [3.8, 4) is 22.6 Å². The third-order valence-electron chi connectivity index (χ3n) is 4.63. The fourth-order valence-corrected chi connectivity index (χ4v) is 3.18. The Morgan fingerprint density at radius 3 is 2.36 bits per heavy atom. The van der Waals surface area contributed by atoms with Crippen molar-refractivity contribution in [2.24, 2.45) is 5.73 Å². The molecule has 28 heavy (non-hydrogen) atoms. The van der Waals surface area contributed by atoms with Gasteiger partial charge in [0.05, 0.1) is 12.6 Å². The number of aromatic nitrogens is 2. The van der Waals surface area contributed by atoms with Gasteiger partial charge in [0.2, 0.25) is 5.43 Å². The summed E-state index contributed by atoms with van der Waals surface area (Å²) in [7, 11) is 1.59. The molecule has 2 aromatic heterocycles. The van der Waals surface area contributed by atoms with E-state index in [0.717, 1.165) is 16.8 Å². The van der Waals surface area contributed by atoms with Crippen molar-refractivity contribution in [1.29, 1.82) is 0 Å². The highest BCUT2D eigenvalue weighted by atomic mass is 16.5. The number of nitrogens with zero attached hydrogens (tertiary/aromatic N) is 2. The topological polar surface area (TPSA) is 87.2 Å². The van der Waals surface area contributed by atoms with Crippen LogP contribution in [0.5, 0.6) is 5.75 Å². The van der Waals surface area contributed by atoms with E-state index in [0.29, 0.717) is 16.7 Å². The number of hydrogen-bond donors (Lipinski definition) is 1. The molecule has 2 aromatic carbocycles. The largest absolute Gasteiger partial charge is 0.497 e. The molecule has 0 saturated heterocycles. The van der Waals surface area contributed by atoms with Gasteiger partial charge in [0, 0.05) is 29.7 Å². The summed E-state index contributed by atoms with van der Waals surface area (Å²) in [5.41, 5.74) is 8.37. The Balaban J connectivity index is 2.02. The second-order valence-corrected chi connectivity index (χ2v) is 6.27. The summed E-state index contributed by atoms with van der Waals surface area (Å²) in [6, 6.07) is 16.6. The Hall–Kier alpha value is -3.93. The van der Waals surface area contributed by atoms with Crippen LogP contribution in [-0.4, -0.2) is 22.6 Å². The number of carbonyl (C=O) groups is 1. The molecule has 6 heteroatoms. The van der Waals surface area contributed by atoms with Crippen LogP contribution in [-0.2, 0) is 0 Å². The molecule has 0 aliphatic heterocycles. The number of ether oxygens (including phenoxy) is 1. The number of hydrogen-bond acceptors (Lipinski definition) is 4. The van der Waals surface area contributed by atoms with Crippen LogP contribution in [0.15, 0.2) is 78.0 Å². The zero-order valence-electron chi connectivity index (χ0n) is 15.1. The van der Waals surface area contributed by atoms with Gasteiger partial charge in [0.1, 0.15) is 11.3 Å². The maximum Gasteiger partial charge on any atom is 0.254 e. The number of pyridine rings is 2. The smallest absolute Gasteiger partial charge is 0.254 e. The first-order chi connectivity index (χ1) is 13.6. The molecule has 0 aliphatic carbocycles. The van der Waals surface area contributed by atoms with Gasteiger partial charge in [-0.25, -0.2) is 0 Å². The monoisotopic (exact) mass is 371 g/mol. The minimum Gasteiger partial charge on any atom is -0.497 e. The van der Waals surface area contributed by atoms with Gasteiger partial charge in [-0.05, 0) is 59.7 Å². The van der Waals surface area contributed by atoms with E-state index in [9.17, 15) is 9.59 Å². The summed E-state index contributed by atoms with van der Waals surface area (Å²) < 4.78 is 7.00. The number of rotatable bonds is 4. The first kappa shape index (κ1) is 17.5. The fourth-order valence-electron chi connectivity index (χ4n) is 3.18. The van der Waals surface area contributed by atoms with E-state index in [1.807, 2.05) is 48.5 Å². The van der Waals surface area contributed by atoms with Gasteiger partial charge < -0.3 is 15.0 Å². The van der Waals surface area contributed by atoms with Crippen molar-refractivity contribution in [3.05, 3.63) is 89.0 Å². The number of primary amides is 1. The third kappa shape index (κ3) is 3.01. The minimum absolute atomic E-state index is 0.0556. The number of fused-ring (bicyclic) bond motifs is 1. The molecule has 2 N–H and O–H groups in total. The molecule has 2 heterocycles. The van der Waals surface area contributed by atoms with Crippen molar-refractivity contribution >= 4 is 16.8 Å². The molecule has 0 saturated carbocycles. The van der Waals surface area contributed by atoms with Crippen LogP contribution >= 0.6 is 0 Å². The first-order valence-electron chi connectivity index (χ1n) is 8.62. The number of nitrogens with two attached hydrogens (primary N) is 1. The molecular weight excluding hydrogens is 354 g/mol. The van der Waals surface area contributed by atoms with Crippen molar-refractivity contribution < 1.29 is 9.53 Å². The normalized spacial score (nSPS) is 10.8. The highest BCUT2D eigenvalue weighted by molar-refractivity contribution is 5.97. The standard InChI is InChI=1S/C22H17N3O3/c1-28-17-5-3-16(4-6-17)25-13-19(22(23)27)21(26)18-7-2-15(12-20(18)25)14-8-10-24-11-9-14/h2-13H,1H3,(H2,23,27). The maximum atomic E-state index is 12.8. The Morgan fingerprint density at radius 2 is 1.71 bits per heavy atom. The predicted molar refractivity (Wildman–Crippen MR) is 108 cm³/mol. The Bertz CT molecular complexity index is 1230. The van der Waals surface area contributed by atoms with Crippen LogP contribution in [0.4, 0.5) is 0 Å². The van der Waals surface area contributed by atoms with Gasteiger partial charge in [-0.15, -0.1) is 0 Å². The van der Waals surface area contributed by atoms with Crippen LogP contribution in [0, 0.1) is 0 Å². The number of amides is 1. The lowest BCUT2D eigenvalue weighted by Crippen LogP contribution is -2.23. The van der Waals surface area contributed by atoms with Crippen molar-refractivity contribution in [2.45, 2.75) is 0 Å². The molecule has 4 aromatic rings. The van der Waals surface area contributed by atoms with Crippen molar-refractivity contribution in [2.75, 3.05) is 7.11 Å². The second-order valence-electron chi connectivity index (χ2n) is 6.27. The van der Waals surface area contributed by atoms with E-state index in [1.165, 1.54) is 6.20 Å². The predicted octanol–water partition coefficient (Wildman–Crippen LogP) is 3.16. The van der Waals surface area contributed by atoms with E-state index in [-0.39, 0.29) is 11.0 Å². The Morgan fingerprint density at radius 1 is 1.00 bits per heavy atom. The van der Waals surface area contributed by atoms with E-state index >= 15 is 0 Å². The SMILES string of the molecule is COc1ccc(-n2cc(C(N)=O)c(=O)c3ccc(-c4ccncc4)cc32)cc1.